The van der Waals surface area contributed by atoms with E-state index in [9.17, 15) is 0 Å². The highest BCUT2D eigenvalue weighted by molar-refractivity contribution is 5.04. The normalized spacial score (nSPS) is 16.8. The molecule has 0 unspecified atom stereocenters. The summed E-state index contributed by atoms with van der Waals surface area (Å²) >= 11 is 0. The fourth-order valence-corrected chi connectivity index (χ4v) is 1.96. The lowest BCUT2D eigenvalue weighted by Gasteiger charge is -2.30. The van der Waals surface area contributed by atoms with Gasteiger partial charge in [-0.1, -0.05) is 13.8 Å². The Kier molecular flexibility index (Phi) is 4.39. The van der Waals surface area contributed by atoms with Gasteiger partial charge in [0.05, 0.1) is 38.2 Å². The van der Waals surface area contributed by atoms with Crippen LogP contribution in [-0.2, 0) is 11.3 Å². The third-order valence-corrected chi connectivity index (χ3v) is 2.84. The zero-order chi connectivity index (χ0) is 12.1. The summed E-state index contributed by atoms with van der Waals surface area (Å²) in [7, 11) is 0. The number of rotatable bonds is 5. The summed E-state index contributed by atoms with van der Waals surface area (Å²) in [6, 6.07) is 0. The molecule has 17 heavy (non-hydrogen) atoms. The molecule has 1 aliphatic heterocycles. The molecule has 1 aliphatic rings. The summed E-state index contributed by atoms with van der Waals surface area (Å²) in [5.41, 5.74) is 1.22. The molecule has 2 rings (SSSR count). The van der Waals surface area contributed by atoms with Crippen molar-refractivity contribution in [3.8, 4) is 0 Å². The number of imidazole rings is 1. The van der Waals surface area contributed by atoms with E-state index in [2.05, 4.69) is 33.8 Å². The lowest BCUT2D eigenvalue weighted by Crippen LogP contribution is -2.44. The number of nitrogens with zero attached hydrogens (tertiary/aromatic N) is 3. The molecule has 0 amide bonds. The minimum atomic E-state index is 0.676. The Balaban J connectivity index is 1.91. The minimum Gasteiger partial charge on any atom is -0.378 e. The molecule has 5 nitrogen and oxygen atoms in total. The van der Waals surface area contributed by atoms with Crippen LogP contribution in [-0.4, -0.2) is 42.5 Å². The van der Waals surface area contributed by atoms with Crippen molar-refractivity contribution in [1.82, 2.24) is 15.0 Å². The fourth-order valence-electron chi connectivity index (χ4n) is 1.96. The first-order valence-electron chi connectivity index (χ1n) is 6.32. The van der Waals surface area contributed by atoms with Gasteiger partial charge < -0.3 is 15.1 Å². The Morgan fingerprint density at radius 3 is 2.88 bits per heavy atom. The van der Waals surface area contributed by atoms with Gasteiger partial charge in [-0.05, 0) is 12.5 Å². The minimum absolute atomic E-state index is 0.676. The average Bonchev–Trinajstić information content (AvgIpc) is 2.78. The molecule has 5 heteroatoms. The zero-order valence-corrected chi connectivity index (χ0v) is 10.7. The van der Waals surface area contributed by atoms with Gasteiger partial charge in [-0.15, -0.1) is 0 Å². The van der Waals surface area contributed by atoms with Crippen LogP contribution in [0.1, 0.15) is 19.5 Å². The summed E-state index contributed by atoms with van der Waals surface area (Å²) in [6.45, 7) is 9.82. The molecule has 0 aromatic carbocycles. The predicted octanol–water partition coefficient (Wildman–Crippen LogP) is 0.597. The van der Waals surface area contributed by atoms with Crippen LogP contribution in [0.2, 0.25) is 0 Å². The summed E-state index contributed by atoms with van der Waals surface area (Å²) in [5.74, 6) is 0.676. The van der Waals surface area contributed by atoms with E-state index in [4.69, 9.17) is 4.74 Å². The Bertz CT molecular complexity index is 331. The van der Waals surface area contributed by atoms with Crippen LogP contribution >= 0.6 is 0 Å². The first-order chi connectivity index (χ1) is 8.27. The second-order valence-corrected chi connectivity index (χ2v) is 4.82. The summed E-state index contributed by atoms with van der Waals surface area (Å²) in [5, 5.41) is 5.73. The van der Waals surface area contributed by atoms with Crippen LogP contribution in [0.15, 0.2) is 12.5 Å². The summed E-state index contributed by atoms with van der Waals surface area (Å²) in [4.78, 5) is 4.24. The van der Waals surface area contributed by atoms with Crippen LogP contribution in [0.25, 0.3) is 0 Å². The molecule has 1 fully saturated rings. The zero-order valence-electron chi connectivity index (χ0n) is 10.7. The molecule has 1 N–H and O–H groups in total. The van der Waals surface area contributed by atoms with Crippen molar-refractivity contribution in [1.29, 1.82) is 0 Å². The molecule has 0 atom stereocenters. The maximum Gasteiger partial charge on any atom is 0.114 e. The van der Waals surface area contributed by atoms with Crippen molar-refractivity contribution >= 4 is 0 Å². The van der Waals surface area contributed by atoms with Gasteiger partial charge in [0.15, 0.2) is 0 Å². The first kappa shape index (κ1) is 12.4. The Labute approximate surface area is 103 Å². The van der Waals surface area contributed by atoms with E-state index < -0.39 is 0 Å². The van der Waals surface area contributed by atoms with Crippen molar-refractivity contribution in [2.75, 3.05) is 37.9 Å². The molecule has 96 valence electrons. The number of nitrogens with one attached hydrogen (secondary N) is 1. The number of morpholine rings is 1. The third kappa shape index (κ3) is 3.44. The van der Waals surface area contributed by atoms with E-state index >= 15 is 0 Å². The molecule has 1 aromatic heterocycles. The maximum absolute atomic E-state index is 5.36. The lowest BCUT2D eigenvalue weighted by atomic mass is 10.2. The van der Waals surface area contributed by atoms with Crippen molar-refractivity contribution in [2.24, 2.45) is 5.92 Å². The van der Waals surface area contributed by atoms with E-state index in [-0.39, 0.29) is 0 Å². The van der Waals surface area contributed by atoms with Crippen LogP contribution in [0.3, 0.4) is 0 Å². The molecule has 1 aromatic rings. The molecule has 2 heterocycles. The van der Waals surface area contributed by atoms with Gasteiger partial charge in [-0.25, -0.2) is 9.66 Å². The van der Waals surface area contributed by atoms with Crippen molar-refractivity contribution in [3.05, 3.63) is 18.2 Å². The average molecular weight is 238 g/mol. The van der Waals surface area contributed by atoms with E-state index in [1.54, 1.807) is 0 Å². The molecule has 0 radical (unpaired) electrons. The fraction of sp³-hybridized carbons (Fsp3) is 0.750. The van der Waals surface area contributed by atoms with Gasteiger partial charge in [-0.2, -0.15) is 0 Å². The molecule has 1 saturated heterocycles. The SMILES string of the molecule is CC(C)CNCc1cncn1N1CCOCC1. The van der Waals surface area contributed by atoms with Gasteiger partial charge in [0, 0.05) is 6.54 Å². The van der Waals surface area contributed by atoms with E-state index in [0.29, 0.717) is 5.92 Å². The van der Waals surface area contributed by atoms with E-state index in [0.717, 1.165) is 39.4 Å². The lowest BCUT2D eigenvalue weighted by molar-refractivity contribution is 0.110. The number of ether oxygens (including phenoxy) is 1. The topological polar surface area (TPSA) is 42.3 Å². The quantitative estimate of drug-likeness (QED) is 0.815. The predicted molar refractivity (Wildman–Crippen MR) is 67.5 cm³/mol. The van der Waals surface area contributed by atoms with E-state index in [1.165, 1.54) is 5.69 Å². The van der Waals surface area contributed by atoms with Gasteiger partial charge >= 0.3 is 0 Å². The Hall–Kier alpha value is -1.07. The second kappa shape index (κ2) is 6.02. The van der Waals surface area contributed by atoms with Gasteiger partial charge in [0.1, 0.15) is 6.33 Å². The van der Waals surface area contributed by atoms with Gasteiger partial charge in [0.25, 0.3) is 0 Å². The standard InChI is InChI=1S/C12H22N4O/c1-11(2)7-13-8-12-9-14-10-16(12)15-3-5-17-6-4-15/h9-11,13H,3-8H2,1-2H3. The smallest absolute Gasteiger partial charge is 0.114 e. The number of aromatic nitrogens is 2. The molecular weight excluding hydrogens is 216 g/mol. The highest BCUT2D eigenvalue weighted by atomic mass is 16.5. The molecule has 0 bridgehead atoms. The summed E-state index contributed by atoms with van der Waals surface area (Å²) in [6.07, 6.45) is 3.82. The van der Waals surface area contributed by atoms with Gasteiger partial charge in [-0.3, -0.25) is 0 Å². The molecule has 0 saturated carbocycles. The van der Waals surface area contributed by atoms with Gasteiger partial charge in [0.2, 0.25) is 0 Å². The molecule has 0 aliphatic carbocycles. The van der Waals surface area contributed by atoms with Crippen molar-refractivity contribution in [2.45, 2.75) is 20.4 Å². The van der Waals surface area contributed by atoms with E-state index in [1.807, 2.05) is 12.5 Å². The summed E-state index contributed by atoms with van der Waals surface area (Å²) < 4.78 is 7.51. The number of hydrogen-bond donors (Lipinski definition) is 1. The Morgan fingerprint density at radius 2 is 2.18 bits per heavy atom. The van der Waals surface area contributed by atoms with Crippen molar-refractivity contribution < 1.29 is 4.74 Å². The highest BCUT2D eigenvalue weighted by Crippen LogP contribution is 2.04. The highest BCUT2D eigenvalue weighted by Gasteiger charge is 2.13. The van der Waals surface area contributed by atoms with Crippen LogP contribution in [0, 0.1) is 5.92 Å². The van der Waals surface area contributed by atoms with Crippen LogP contribution in [0.5, 0.6) is 0 Å². The third-order valence-electron chi connectivity index (χ3n) is 2.84. The largest absolute Gasteiger partial charge is 0.378 e. The first-order valence-corrected chi connectivity index (χ1v) is 6.32. The molecule has 0 spiro atoms. The van der Waals surface area contributed by atoms with Crippen LogP contribution < -0.4 is 10.3 Å². The molecular formula is C12H22N4O. The van der Waals surface area contributed by atoms with Crippen molar-refractivity contribution in [3.63, 3.8) is 0 Å². The monoisotopic (exact) mass is 238 g/mol. The number of hydrogen-bond acceptors (Lipinski definition) is 4. The Morgan fingerprint density at radius 1 is 1.41 bits per heavy atom. The second-order valence-electron chi connectivity index (χ2n) is 4.82. The van der Waals surface area contributed by atoms with Crippen LogP contribution in [0.4, 0.5) is 0 Å². The maximum atomic E-state index is 5.36.